The second-order valence-electron chi connectivity index (χ2n) is 7.04. The average Bonchev–Trinajstić information content (AvgIpc) is 3.20. The van der Waals surface area contributed by atoms with Crippen molar-refractivity contribution in [2.45, 2.75) is 26.0 Å². The maximum atomic E-state index is 12.6. The molecule has 0 bridgehead atoms. The lowest BCUT2D eigenvalue weighted by Gasteiger charge is -2.10. The fraction of sp³-hybridized carbons (Fsp3) is 0.227. The Kier molecular flexibility index (Phi) is 5.14. The Morgan fingerprint density at radius 1 is 1.17 bits per heavy atom. The number of ether oxygens (including phenoxy) is 1. The molecule has 0 radical (unpaired) electrons. The molecule has 2 amide bonds. The van der Waals surface area contributed by atoms with Crippen LogP contribution in [-0.2, 0) is 20.9 Å². The number of hydrogen-bond acceptors (Lipinski definition) is 4. The number of methoxy groups -OCH3 is 1. The van der Waals surface area contributed by atoms with E-state index in [2.05, 4.69) is 15.7 Å². The first kappa shape index (κ1) is 18.9. The Balaban J connectivity index is 1.61. The molecule has 148 valence electrons. The fourth-order valence-corrected chi connectivity index (χ4v) is 3.49. The minimum atomic E-state index is -0.705. The van der Waals surface area contributed by atoms with Gasteiger partial charge in [0, 0.05) is 18.4 Å². The van der Waals surface area contributed by atoms with Crippen LogP contribution in [0.1, 0.15) is 23.7 Å². The van der Waals surface area contributed by atoms with Gasteiger partial charge in [0.2, 0.25) is 5.91 Å². The summed E-state index contributed by atoms with van der Waals surface area (Å²) in [6, 6.07) is 16.5. The third-order valence-electron chi connectivity index (χ3n) is 4.88. The molecule has 1 atom stereocenters. The third kappa shape index (κ3) is 3.77. The number of aryl methyl sites for hydroxylation is 1. The quantitative estimate of drug-likeness (QED) is 0.674. The molecule has 0 saturated carbocycles. The highest BCUT2D eigenvalue weighted by Crippen LogP contribution is 2.38. The number of anilines is 2. The van der Waals surface area contributed by atoms with Crippen LogP contribution in [0.15, 0.2) is 54.6 Å². The van der Waals surface area contributed by atoms with Crippen molar-refractivity contribution in [3.8, 4) is 11.1 Å². The van der Waals surface area contributed by atoms with Crippen LogP contribution < -0.4 is 10.6 Å². The zero-order valence-electron chi connectivity index (χ0n) is 16.3. The van der Waals surface area contributed by atoms with E-state index < -0.39 is 6.04 Å². The van der Waals surface area contributed by atoms with Crippen molar-refractivity contribution < 1.29 is 14.3 Å². The molecule has 2 aromatic carbocycles. The molecule has 29 heavy (non-hydrogen) atoms. The highest BCUT2D eigenvalue weighted by Gasteiger charge is 2.37. The van der Waals surface area contributed by atoms with E-state index in [1.54, 1.807) is 11.8 Å². The fourth-order valence-electron chi connectivity index (χ4n) is 3.49. The van der Waals surface area contributed by atoms with Gasteiger partial charge in [-0.15, -0.1) is 0 Å². The van der Waals surface area contributed by atoms with E-state index in [9.17, 15) is 9.59 Å². The number of fused-ring (bicyclic) bond motifs is 1. The summed E-state index contributed by atoms with van der Waals surface area (Å²) in [7, 11) is 1.60. The summed E-state index contributed by atoms with van der Waals surface area (Å²) in [6.07, 6.45) is -0.00492. The molecule has 1 aromatic heterocycles. The Bertz CT molecular complexity index is 1040. The van der Waals surface area contributed by atoms with Gasteiger partial charge in [-0.05, 0) is 24.6 Å². The van der Waals surface area contributed by atoms with Crippen LogP contribution >= 0.6 is 0 Å². The van der Waals surface area contributed by atoms with Gasteiger partial charge >= 0.3 is 0 Å². The van der Waals surface area contributed by atoms with Crippen molar-refractivity contribution in [3.63, 3.8) is 0 Å². The number of amides is 2. The molecule has 7 heteroatoms. The highest BCUT2D eigenvalue weighted by molar-refractivity contribution is 6.04. The summed E-state index contributed by atoms with van der Waals surface area (Å²) in [6.45, 7) is 2.29. The molecule has 0 aliphatic carbocycles. The Labute approximate surface area is 168 Å². The second kappa shape index (κ2) is 7.89. The molecule has 1 aliphatic rings. The zero-order valence-corrected chi connectivity index (χ0v) is 16.3. The van der Waals surface area contributed by atoms with Gasteiger partial charge in [-0.1, -0.05) is 48.0 Å². The van der Waals surface area contributed by atoms with Crippen LogP contribution in [0, 0.1) is 6.92 Å². The van der Waals surface area contributed by atoms with Gasteiger partial charge in [-0.3, -0.25) is 9.59 Å². The van der Waals surface area contributed by atoms with Crippen LogP contribution in [0.3, 0.4) is 0 Å². The SMILES string of the molecule is COCc1nn2c(c1-c1ccccc1)NC(=O)C2CC(=O)Nc1ccc(C)cc1. The molecule has 1 aliphatic heterocycles. The van der Waals surface area contributed by atoms with E-state index >= 15 is 0 Å². The lowest BCUT2D eigenvalue weighted by molar-refractivity contribution is -0.123. The van der Waals surface area contributed by atoms with Crippen molar-refractivity contribution in [1.29, 1.82) is 0 Å². The summed E-state index contributed by atoms with van der Waals surface area (Å²) in [5.74, 6) is 0.112. The van der Waals surface area contributed by atoms with Crippen LogP contribution in [-0.4, -0.2) is 28.7 Å². The predicted octanol–water partition coefficient (Wildman–Crippen LogP) is 3.53. The third-order valence-corrected chi connectivity index (χ3v) is 4.88. The number of hydrogen-bond donors (Lipinski definition) is 2. The lowest BCUT2D eigenvalue weighted by Crippen LogP contribution is -2.24. The molecule has 2 heterocycles. The predicted molar refractivity (Wildman–Crippen MR) is 110 cm³/mol. The van der Waals surface area contributed by atoms with Crippen LogP contribution in [0.25, 0.3) is 11.1 Å². The number of nitrogens with one attached hydrogen (secondary N) is 2. The first-order chi connectivity index (χ1) is 14.1. The van der Waals surface area contributed by atoms with Crippen molar-refractivity contribution in [2.24, 2.45) is 0 Å². The average molecular weight is 390 g/mol. The summed E-state index contributed by atoms with van der Waals surface area (Å²) < 4.78 is 6.90. The number of rotatable bonds is 6. The lowest BCUT2D eigenvalue weighted by atomic mass is 10.1. The molecule has 7 nitrogen and oxygen atoms in total. The van der Waals surface area contributed by atoms with Crippen LogP contribution in [0.2, 0.25) is 0 Å². The van der Waals surface area contributed by atoms with Gasteiger partial charge < -0.3 is 15.4 Å². The smallest absolute Gasteiger partial charge is 0.251 e. The van der Waals surface area contributed by atoms with Crippen molar-refractivity contribution in [1.82, 2.24) is 9.78 Å². The molecule has 2 N–H and O–H groups in total. The van der Waals surface area contributed by atoms with Gasteiger partial charge in [0.25, 0.3) is 5.91 Å². The van der Waals surface area contributed by atoms with Crippen LogP contribution in [0.5, 0.6) is 0 Å². The Morgan fingerprint density at radius 3 is 2.59 bits per heavy atom. The largest absolute Gasteiger partial charge is 0.378 e. The Hall–Kier alpha value is -3.45. The number of benzene rings is 2. The summed E-state index contributed by atoms with van der Waals surface area (Å²) in [5, 5.41) is 10.3. The van der Waals surface area contributed by atoms with Gasteiger partial charge in [0.05, 0.1) is 18.7 Å². The molecular weight excluding hydrogens is 368 g/mol. The number of carbonyl (C=O) groups is 2. The molecule has 1 unspecified atom stereocenters. The molecule has 0 spiro atoms. The summed E-state index contributed by atoms with van der Waals surface area (Å²) in [4.78, 5) is 25.1. The summed E-state index contributed by atoms with van der Waals surface area (Å²) in [5.41, 5.74) is 4.29. The molecular formula is C22H22N4O3. The van der Waals surface area contributed by atoms with Crippen LogP contribution in [0.4, 0.5) is 11.5 Å². The first-order valence-electron chi connectivity index (χ1n) is 9.40. The molecule has 0 fully saturated rings. The van der Waals surface area contributed by atoms with E-state index in [0.29, 0.717) is 18.1 Å². The van der Waals surface area contributed by atoms with E-state index in [-0.39, 0.29) is 18.2 Å². The van der Waals surface area contributed by atoms with Gasteiger partial charge in [0.15, 0.2) is 0 Å². The van der Waals surface area contributed by atoms with E-state index in [0.717, 1.165) is 22.4 Å². The minimum absolute atomic E-state index is 0.00492. The van der Waals surface area contributed by atoms with E-state index in [1.807, 2.05) is 61.5 Å². The number of nitrogens with zero attached hydrogens (tertiary/aromatic N) is 2. The normalized spacial score (nSPS) is 15.1. The Morgan fingerprint density at radius 2 is 1.90 bits per heavy atom. The van der Waals surface area contributed by atoms with Crippen molar-refractivity contribution >= 4 is 23.3 Å². The zero-order chi connectivity index (χ0) is 20.4. The first-order valence-corrected chi connectivity index (χ1v) is 9.40. The molecule has 0 saturated heterocycles. The maximum absolute atomic E-state index is 12.6. The monoisotopic (exact) mass is 390 g/mol. The highest BCUT2D eigenvalue weighted by atomic mass is 16.5. The number of carbonyl (C=O) groups excluding carboxylic acids is 2. The standard InChI is InChI=1S/C22H22N4O3/c1-14-8-10-16(11-9-14)23-19(27)12-18-22(28)24-21-20(15-6-4-3-5-7-15)17(13-29-2)25-26(18)21/h3-11,18H,12-13H2,1-2H3,(H,23,27)(H,24,28). The maximum Gasteiger partial charge on any atom is 0.251 e. The molecule has 4 rings (SSSR count). The van der Waals surface area contributed by atoms with Crippen molar-refractivity contribution in [2.75, 3.05) is 17.7 Å². The van der Waals surface area contributed by atoms with Gasteiger partial charge in [0.1, 0.15) is 11.9 Å². The van der Waals surface area contributed by atoms with E-state index in [1.165, 1.54) is 0 Å². The van der Waals surface area contributed by atoms with Crippen molar-refractivity contribution in [3.05, 3.63) is 65.9 Å². The molecule has 3 aromatic rings. The number of aromatic nitrogens is 2. The van der Waals surface area contributed by atoms with Gasteiger partial charge in [-0.25, -0.2) is 4.68 Å². The second-order valence-corrected chi connectivity index (χ2v) is 7.04. The topological polar surface area (TPSA) is 85.2 Å². The summed E-state index contributed by atoms with van der Waals surface area (Å²) >= 11 is 0. The van der Waals surface area contributed by atoms with Gasteiger partial charge in [-0.2, -0.15) is 5.10 Å². The van der Waals surface area contributed by atoms with E-state index in [4.69, 9.17) is 4.74 Å². The minimum Gasteiger partial charge on any atom is -0.378 e.